The number of rotatable bonds is 1. The average Bonchev–Trinajstić information content (AvgIpc) is 2.58. The first-order valence-electron chi connectivity index (χ1n) is 6.44. The summed E-state index contributed by atoms with van der Waals surface area (Å²) in [6.07, 6.45) is 2.10. The minimum absolute atomic E-state index is 0.192. The second kappa shape index (κ2) is 4.14. The maximum Gasteiger partial charge on any atom is 0.410 e. The molecule has 2 aliphatic rings. The number of nitrogens with zero attached hydrogens (tertiary/aromatic N) is 1. The summed E-state index contributed by atoms with van der Waals surface area (Å²) in [7, 11) is 0. The van der Waals surface area contributed by atoms with Gasteiger partial charge in [0.25, 0.3) is 0 Å². The Labute approximate surface area is 107 Å². The van der Waals surface area contributed by atoms with Crippen molar-refractivity contribution >= 4 is 12.1 Å². The monoisotopic (exact) mass is 255 g/mol. The second-order valence-electron chi connectivity index (χ2n) is 6.44. The zero-order valence-corrected chi connectivity index (χ0v) is 11.2. The Balaban J connectivity index is 1.97. The van der Waals surface area contributed by atoms with Crippen molar-refractivity contribution < 1.29 is 19.4 Å². The third kappa shape index (κ3) is 2.31. The van der Waals surface area contributed by atoms with E-state index in [9.17, 15) is 9.59 Å². The quantitative estimate of drug-likeness (QED) is 0.779. The molecular formula is C13H21NO4. The third-order valence-corrected chi connectivity index (χ3v) is 4.01. The molecule has 2 rings (SSSR count). The van der Waals surface area contributed by atoms with Crippen LogP contribution in [0.2, 0.25) is 0 Å². The molecule has 0 aromatic rings. The number of hydrogen-bond acceptors (Lipinski definition) is 3. The molecule has 1 aliphatic carbocycles. The first-order valence-corrected chi connectivity index (χ1v) is 6.44. The molecule has 1 heterocycles. The zero-order valence-electron chi connectivity index (χ0n) is 11.2. The summed E-state index contributed by atoms with van der Waals surface area (Å²) < 4.78 is 5.32. The molecule has 0 unspecified atom stereocenters. The van der Waals surface area contributed by atoms with Crippen LogP contribution < -0.4 is 0 Å². The molecule has 18 heavy (non-hydrogen) atoms. The lowest BCUT2D eigenvalue weighted by Crippen LogP contribution is -2.47. The van der Waals surface area contributed by atoms with Crippen LogP contribution >= 0.6 is 0 Å². The highest BCUT2D eigenvalue weighted by molar-refractivity contribution is 5.73. The van der Waals surface area contributed by atoms with Gasteiger partial charge in [-0.05, 0) is 40.0 Å². The molecule has 5 heteroatoms. The molecule has 1 spiro atoms. The van der Waals surface area contributed by atoms with Crippen LogP contribution in [0, 0.1) is 11.3 Å². The number of hydrogen-bond donors (Lipinski definition) is 1. The number of carboxylic acid groups (broad SMARTS) is 1. The topological polar surface area (TPSA) is 66.8 Å². The lowest BCUT2D eigenvalue weighted by molar-refractivity contribution is -0.153. The van der Waals surface area contributed by atoms with E-state index in [1.54, 1.807) is 4.90 Å². The number of carbonyl (C=O) groups excluding carboxylic acids is 1. The molecule has 1 amide bonds. The van der Waals surface area contributed by atoms with Gasteiger partial charge >= 0.3 is 12.1 Å². The predicted octanol–water partition coefficient (Wildman–Crippen LogP) is 2.11. The molecule has 2 fully saturated rings. The summed E-state index contributed by atoms with van der Waals surface area (Å²) in [6, 6.07) is 0. The summed E-state index contributed by atoms with van der Waals surface area (Å²) >= 11 is 0. The van der Waals surface area contributed by atoms with Gasteiger partial charge in [0.1, 0.15) is 5.60 Å². The van der Waals surface area contributed by atoms with Crippen molar-refractivity contribution in [3.05, 3.63) is 0 Å². The minimum atomic E-state index is -0.729. The van der Waals surface area contributed by atoms with E-state index in [0.717, 1.165) is 19.3 Å². The molecule has 2 atom stereocenters. The largest absolute Gasteiger partial charge is 0.481 e. The van der Waals surface area contributed by atoms with E-state index in [0.29, 0.717) is 13.1 Å². The molecule has 5 nitrogen and oxygen atoms in total. The van der Waals surface area contributed by atoms with Crippen LogP contribution in [-0.4, -0.2) is 40.8 Å². The van der Waals surface area contributed by atoms with Crippen LogP contribution in [0.25, 0.3) is 0 Å². The van der Waals surface area contributed by atoms with Gasteiger partial charge in [-0.15, -0.1) is 0 Å². The zero-order chi connectivity index (χ0) is 13.6. The van der Waals surface area contributed by atoms with Gasteiger partial charge in [0.2, 0.25) is 0 Å². The first kappa shape index (κ1) is 13.2. The highest BCUT2D eigenvalue weighted by atomic mass is 16.6. The van der Waals surface area contributed by atoms with Crippen LogP contribution in [0.5, 0.6) is 0 Å². The lowest BCUT2D eigenvalue weighted by Gasteiger charge is -2.44. The average molecular weight is 255 g/mol. The van der Waals surface area contributed by atoms with E-state index >= 15 is 0 Å². The Bertz CT molecular complexity index is 374. The smallest absolute Gasteiger partial charge is 0.410 e. The summed E-state index contributed by atoms with van der Waals surface area (Å²) in [5.41, 5.74) is -0.693. The van der Waals surface area contributed by atoms with Gasteiger partial charge < -0.3 is 14.7 Å². The number of likely N-dealkylation sites (tertiary alicyclic amines) is 1. The summed E-state index contributed by atoms with van der Waals surface area (Å²) in [6.45, 7) is 6.64. The highest BCUT2D eigenvalue weighted by Gasteiger charge is 2.55. The molecule has 1 N–H and O–H groups in total. The number of amides is 1. The maximum absolute atomic E-state index is 11.9. The van der Waals surface area contributed by atoms with E-state index in [1.165, 1.54) is 0 Å². The number of carbonyl (C=O) groups is 2. The first-order chi connectivity index (χ1) is 8.23. The van der Waals surface area contributed by atoms with Crippen molar-refractivity contribution in [1.82, 2.24) is 4.90 Å². The van der Waals surface area contributed by atoms with Crippen LogP contribution in [0.4, 0.5) is 4.79 Å². The Morgan fingerprint density at radius 3 is 2.44 bits per heavy atom. The van der Waals surface area contributed by atoms with Crippen molar-refractivity contribution in [2.24, 2.45) is 11.3 Å². The molecule has 0 aromatic carbocycles. The van der Waals surface area contributed by atoms with Gasteiger partial charge in [0.15, 0.2) is 0 Å². The fourth-order valence-electron chi connectivity index (χ4n) is 2.95. The van der Waals surface area contributed by atoms with Crippen LogP contribution in [0.3, 0.4) is 0 Å². The van der Waals surface area contributed by atoms with E-state index in [-0.39, 0.29) is 17.4 Å². The molecule has 102 valence electrons. The van der Waals surface area contributed by atoms with E-state index in [2.05, 4.69) is 0 Å². The summed E-state index contributed by atoms with van der Waals surface area (Å²) in [5, 5.41) is 9.14. The van der Waals surface area contributed by atoms with Crippen LogP contribution in [0.15, 0.2) is 0 Å². The Hall–Kier alpha value is -1.26. The molecule has 0 radical (unpaired) electrons. The summed E-state index contributed by atoms with van der Waals surface area (Å²) in [4.78, 5) is 24.7. The molecule has 1 aliphatic heterocycles. The number of aliphatic carboxylic acids is 1. The van der Waals surface area contributed by atoms with Crippen molar-refractivity contribution in [2.45, 2.75) is 45.6 Å². The fraction of sp³-hybridized carbons (Fsp3) is 0.846. The Morgan fingerprint density at radius 2 is 2.00 bits per heavy atom. The fourth-order valence-corrected chi connectivity index (χ4v) is 2.95. The van der Waals surface area contributed by atoms with E-state index in [1.807, 2.05) is 20.8 Å². The Morgan fingerprint density at radius 1 is 1.33 bits per heavy atom. The van der Waals surface area contributed by atoms with Gasteiger partial charge in [-0.2, -0.15) is 0 Å². The molecule has 0 bridgehead atoms. The second-order valence-corrected chi connectivity index (χ2v) is 6.44. The molecule has 1 saturated heterocycles. The van der Waals surface area contributed by atoms with Gasteiger partial charge in [-0.1, -0.05) is 0 Å². The number of ether oxygens (including phenoxy) is 1. The van der Waals surface area contributed by atoms with Gasteiger partial charge in [0, 0.05) is 18.5 Å². The van der Waals surface area contributed by atoms with E-state index < -0.39 is 11.6 Å². The molecular weight excluding hydrogens is 234 g/mol. The number of carboxylic acids is 1. The summed E-state index contributed by atoms with van der Waals surface area (Å²) in [5.74, 6) is -1.02. The van der Waals surface area contributed by atoms with Gasteiger partial charge in [-0.25, -0.2) is 4.79 Å². The highest BCUT2D eigenvalue weighted by Crippen LogP contribution is 2.53. The van der Waals surface area contributed by atoms with Gasteiger partial charge in [0.05, 0.1) is 5.92 Å². The Kier molecular flexibility index (Phi) is 3.03. The maximum atomic E-state index is 11.9. The SMILES string of the molecule is CC(C)(C)OC(=O)N1CC[C@]2(CC[C@@H]2C(=O)O)C1. The van der Waals surface area contributed by atoms with Gasteiger partial charge in [-0.3, -0.25) is 4.79 Å². The van der Waals surface area contributed by atoms with Crippen molar-refractivity contribution in [1.29, 1.82) is 0 Å². The molecule has 1 saturated carbocycles. The van der Waals surface area contributed by atoms with Crippen molar-refractivity contribution in [2.75, 3.05) is 13.1 Å². The van der Waals surface area contributed by atoms with Crippen molar-refractivity contribution in [3.63, 3.8) is 0 Å². The van der Waals surface area contributed by atoms with E-state index in [4.69, 9.17) is 9.84 Å². The van der Waals surface area contributed by atoms with Crippen LogP contribution in [-0.2, 0) is 9.53 Å². The third-order valence-electron chi connectivity index (χ3n) is 4.01. The normalized spacial score (nSPS) is 31.3. The predicted molar refractivity (Wildman–Crippen MR) is 65.2 cm³/mol. The van der Waals surface area contributed by atoms with Crippen molar-refractivity contribution in [3.8, 4) is 0 Å². The minimum Gasteiger partial charge on any atom is -0.481 e. The molecule has 0 aromatic heterocycles. The lowest BCUT2D eigenvalue weighted by atomic mass is 9.59. The van der Waals surface area contributed by atoms with Crippen LogP contribution in [0.1, 0.15) is 40.0 Å². The standard InChI is InChI=1S/C13H21NO4/c1-12(2,3)18-11(17)14-7-6-13(8-14)5-4-9(13)10(15)16/h9H,4-8H2,1-3H3,(H,15,16)/t9-,13-/m1/s1.